The number of amides is 1. The van der Waals surface area contributed by atoms with Crippen LogP contribution < -0.4 is 5.32 Å². The van der Waals surface area contributed by atoms with Crippen LogP contribution in [-0.2, 0) is 0 Å². The molecule has 1 amide bonds. The van der Waals surface area contributed by atoms with E-state index in [1.165, 1.54) is 11.1 Å². The van der Waals surface area contributed by atoms with Gasteiger partial charge in [0.1, 0.15) is 0 Å². The van der Waals surface area contributed by atoms with Gasteiger partial charge in [0.05, 0.1) is 11.9 Å². The number of hydrogen-bond acceptors (Lipinski definition) is 3. The van der Waals surface area contributed by atoms with E-state index in [1.807, 2.05) is 25.1 Å². The third-order valence-electron chi connectivity index (χ3n) is 3.30. The lowest BCUT2D eigenvalue weighted by atomic mass is 10.1. The maximum absolute atomic E-state index is 11.9. The highest BCUT2D eigenvalue weighted by Gasteiger charge is 2.11. The first-order chi connectivity index (χ1) is 9.61. The largest absolute Gasteiger partial charge is 0.351 e. The smallest absolute Gasteiger partial charge is 0.273 e. The number of aromatic nitrogens is 3. The minimum Gasteiger partial charge on any atom is -0.351 e. The van der Waals surface area contributed by atoms with Crippen LogP contribution in [0.2, 0.25) is 0 Å². The SMILES string of the molecule is CCCCNC(=O)c1cn(-c2ccc(C)c(C)c2)nn1. The van der Waals surface area contributed by atoms with Gasteiger partial charge in [0.2, 0.25) is 0 Å². The molecule has 5 nitrogen and oxygen atoms in total. The molecular formula is C15H20N4O. The summed E-state index contributed by atoms with van der Waals surface area (Å²) in [5.74, 6) is -0.173. The summed E-state index contributed by atoms with van der Waals surface area (Å²) in [6.07, 6.45) is 3.68. The van der Waals surface area contributed by atoms with E-state index in [0.717, 1.165) is 18.5 Å². The number of aryl methyl sites for hydroxylation is 2. The number of carbonyl (C=O) groups excluding carboxylic acids is 1. The molecule has 1 heterocycles. The number of carbonyl (C=O) groups is 1. The van der Waals surface area contributed by atoms with Gasteiger partial charge in [0, 0.05) is 6.54 Å². The van der Waals surface area contributed by atoms with Gasteiger partial charge in [-0.1, -0.05) is 24.6 Å². The molecule has 0 spiro atoms. The Morgan fingerprint density at radius 2 is 2.10 bits per heavy atom. The van der Waals surface area contributed by atoms with Crippen molar-refractivity contribution in [3.63, 3.8) is 0 Å². The summed E-state index contributed by atoms with van der Waals surface area (Å²) in [5, 5.41) is 10.8. The highest BCUT2D eigenvalue weighted by molar-refractivity contribution is 5.91. The van der Waals surface area contributed by atoms with Crippen molar-refractivity contribution in [2.45, 2.75) is 33.6 Å². The molecule has 0 saturated carbocycles. The van der Waals surface area contributed by atoms with Crippen LogP contribution in [0, 0.1) is 13.8 Å². The maximum Gasteiger partial charge on any atom is 0.273 e. The quantitative estimate of drug-likeness (QED) is 0.850. The molecule has 2 rings (SSSR count). The number of rotatable bonds is 5. The molecule has 0 unspecified atom stereocenters. The topological polar surface area (TPSA) is 59.8 Å². The first-order valence-corrected chi connectivity index (χ1v) is 6.90. The van der Waals surface area contributed by atoms with Gasteiger partial charge in [0.15, 0.2) is 5.69 Å². The Kier molecular flexibility index (Phi) is 4.50. The Morgan fingerprint density at radius 3 is 2.80 bits per heavy atom. The second-order valence-corrected chi connectivity index (χ2v) is 4.93. The van der Waals surface area contributed by atoms with E-state index in [9.17, 15) is 4.79 Å². The van der Waals surface area contributed by atoms with E-state index in [0.29, 0.717) is 12.2 Å². The lowest BCUT2D eigenvalue weighted by Crippen LogP contribution is -2.24. The van der Waals surface area contributed by atoms with Gasteiger partial charge in [-0.25, -0.2) is 4.68 Å². The molecule has 1 N–H and O–H groups in total. The van der Waals surface area contributed by atoms with Crippen molar-refractivity contribution < 1.29 is 4.79 Å². The molecule has 20 heavy (non-hydrogen) atoms. The van der Waals surface area contributed by atoms with Crippen LogP contribution >= 0.6 is 0 Å². The van der Waals surface area contributed by atoms with E-state index in [2.05, 4.69) is 29.5 Å². The molecule has 0 aliphatic carbocycles. The van der Waals surface area contributed by atoms with Gasteiger partial charge >= 0.3 is 0 Å². The zero-order valence-electron chi connectivity index (χ0n) is 12.2. The first kappa shape index (κ1) is 14.2. The van der Waals surface area contributed by atoms with Crippen LogP contribution in [0.4, 0.5) is 0 Å². The van der Waals surface area contributed by atoms with E-state index in [1.54, 1.807) is 10.9 Å². The van der Waals surface area contributed by atoms with Gasteiger partial charge in [-0.3, -0.25) is 4.79 Å². The van der Waals surface area contributed by atoms with Crippen molar-refractivity contribution in [1.82, 2.24) is 20.3 Å². The van der Waals surface area contributed by atoms with Crippen molar-refractivity contribution in [2.24, 2.45) is 0 Å². The van der Waals surface area contributed by atoms with Crippen LogP contribution in [0.3, 0.4) is 0 Å². The fourth-order valence-electron chi connectivity index (χ4n) is 1.83. The van der Waals surface area contributed by atoms with Gasteiger partial charge in [0.25, 0.3) is 5.91 Å². The van der Waals surface area contributed by atoms with Gasteiger partial charge in [-0.05, 0) is 43.5 Å². The van der Waals surface area contributed by atoms with E-state index < -0.39 is 0 Å². The predicted octanol–water partition coefficient (Wildman–Crippen LogP) is 2.41. The first-order valence-electron chi connectivity index (χ1n) is 6.90. The average Bonchev–Trinajstić information content (AvgIpc) is 2.92. The Balaban J connectivity index is 2.12. The number of nitrogens with one attached hydrogen (secondary N) is 1. The zero-order valence-corrected chi connectivity index (χ0v) is 12.2. The standard InChI is InChI=1S/C15H20N4O/c1-4-5-8-16-15(20)14-10-19(18-17-14)13-7-6-11(2)12(3)9-13/h6-7,9-10H,4-5,8H2,1-3H3,(H,16,20). The van der Waals surface area contributed by atoms with Crippen molar-refractivity contribution in [1.29, 1.82) is 0 Å². The summed E-state index contributed by atoms with van der Waals surface area (Å²) < 4.78 is 1.63. The maximum atomic E-state index is 11.9. The normalized spacial score (nSPS) is 10.6. The Hall–Kier alpha value is -2.17. The second kappa shape index (κ2) is 6.32. The van der Waals surface area contributed by atoms with Crippen molar-refractivity contribution in [2.75, 3.05) is 6.54 Å². The molecule has 5 heteroatoms. The van der Waals surface area contributed by atoms with Crippen LogP contribution in [-0.4, -0.2) is 27.4 Å². The highest BCUT2D eigenvalue weighted by Crippen LogP contribution is 2.13. The lowest BCUT2D eigenvalue weighted by Gasteiger charge is -2.04. The Labute approximate surface area is 119 Å². The van der Waals surface area contributed by atoms with Crippen molar-refractivity contribution >= 4 is 5.91 Å². The van der Waals surface area contributed by atoms with E-state index in [-0.39, 0.29) is 5.91 Å². The summed E-state index contributed by atoms with van der Waals surface area (Å²) in [4.78, 5) is 11.9. The van der Waals surface area contributed by atoms with Crippen molar-refractivity contribution in [3.8, 4) is 5.69 Å². The van der Waals surface area contributed by atoms with Crippen LogP contribution in [0.15, 0.2) is 24.4 Å². The minimum atomic E-state index is -0.173. The summed E-state index contributed by atoms with van der Waals surface area (Å²) in [7, 11) is 0. The van der Waals surface area contributed by atoms with Crippen LogP contribution in [0.25, 0.3) is 5.69 Å². The van der Waals surface area contributed by atoms with E-state index >= 15 is 0 Å². The third kappa shape index (κ3) is 3.23. The molecule has 0 atom stereocenters. The molecule has 0 aliphatic rings. The predicted molar refractivity (Wildman–Crippen MR) is 78.1 cm³/mol. The monoisotopic (exact) mass is 272 g/mol. The average molecular weight is 272 g/mol. The highest BCUT2D eigenvalue weighted by atomic mass is 16.2. The second-order valence-electron chi connectivity index (χ2n) is 4.93. The van der Waals surface area contributed by atoms with Crippen LogP contribution in [0.1, 0.15) is 41.4 Å². The third-order valence-corrected chi connectivity index (χ3v) is 3.30. The molecule has 0 fully saturated rings. The molecule has 0 radical (unpaired) electrons. The van der Waals surface area contributed by atoms with Crippen LogP contribution in [0.5, 0.6) is 0 Å². The van der Waals surface area contributed by atoms with Gasteiger partial charge in [-0.15, -0.1) is 5.10 Å². The molecule has 0 aliphatic heterocycles. The zero-order chi connectivity index (χ0) is 14.5. The van der Waals surface area contributed by atoms with Crippen molar-refractivity contribution in [3.05, 3.63) is 41.2 Å². The molecule has 1 aromatic heterocycles. The number of benzene rings is 1. The van der Waals surface area contributed by atoms with Gasteiger partial charge < -0.3 is 5.32 Å². The number of unbranched alkanes of at least 4 members (excludes halogenated alkanes) is 1. The Bertz CT molecular complexity index is 604. The molecule has 1 aromatic carbocycles. The minimum absolute atomic E-state index is 0.173. The fraction of sp³-hybridized carbons (Fsp3) is 0.400. The summed E-state index contributed by atoms with van der Waals surface area (Å²) in [6, 6.07) is 6.03. The summed E-state index contributed by atoms with van der Waals surface area (Å²) in [5.41, 5.74) is 3.67. The summed E-state index contributed by atoms with van der Waals surface area (Å²) >= 11 is 0. The molecule has 0 bridgehead atoms. The number of nitrogens with zero attached hydrogens (tertiary/aromatic N) is 3. The fourth-order valence-corrected chi connectivity index (χ4v) is 1.83. The van der Waals surface area contributed by atoms with Gasteiger partial charge in [-0.2, -0.15) is 0 Å². The number of hydrogen-bond donors (Lipinski definition) is 1. The van der Waals surface area contributed by atoms with E-state index in [4.69, 9.17) is 0 Å². The molecule has 0 saturated heterocycles. The molecule has 106 valence electrons. The summed E-state index contributed by atoms with van der Waals surface area (Å²) in [6.45, 7) is 6.87. The molecule has 2 aromatic rings. The Morgan fingerprint density at radius 1 is 1.30 bits per heavy atom. The molecular weight excluding hydrogens is 252 g/mol. The lowest BCUT2D eigenvalue weighted by molar-refractivity contribution is 0.0948.